The van der Waals surface area contributed by atoms with E-state index in [1.54, 1.807) is 0 Å². The zero-order chi connectivity index (χ0) is 11.1. The van der Waals surface area contributed by atoms with Gasteiger partial charge in [0.15, 0.2) is 0 Å². The molecule has 14 heavy (non-hydrogen) atoms. The molecule has 0 bridgehead atoms. The Morgan fingerprint density at radius 1 is 1.21 bits per heavy atom. The van der Waals surface area contributed by atoms with E-state index in [0.717, 1.165) is 6.42 Å². The number of hydrogen-bond acceptors (Lipinski definition) is 1. The van der Waals surface area contributed by atoms with Crippen molar-refractivity contribution < 1.29 is 0 Å². The summed E-state index contributed by atoms with van der Waals surface area (Å²) in [6, 6.07) is 0.951. The highest BCUT2D eigenvalue weighted by atomic mass is 15.2. The summed E-state index contributed by atoms with van der Waals surface area (Å²) >= 11 is 0. The molecule has 0 aliphatic carbocycles. The van der Waals surface area contributed by atoms with Gasteiger partial charge in [0, 0.05) is 25.6 Å². The first-order valence-electron chi connectivity index (χ1n) is 5.78. The molecule has 0 unspecified atom stereocenters. The Morgan fingerprint density at radius 3 is 2.14 bits per heavy atom. The third-order valence-corrected chi connectivity index (χ3v) is 2.34. The van der Waals surface area contributed by atoms with E-state index >= 15 is 0 Å². The predicted octanol–water partition coefficient (Wildman–Crippen LogP) is 3.32. The fraction of sp³-hybridized carbons (Fsp3) is 0.917. The molecule has 0 saturated heterocycles. The van der Waals surface area contributed by atoms with Gasteiger partial charge in [-0.2, -0.15) is 0 Å². The summed E-state index contributed by atoms with van der Waals surface area (Å²) in [5.41, 5.74) is 0. The van der Waals surface area contributed by atoms with Crippen molar-refractivity contribution in [2.45, 2.75) is 66.0 Å². The number of amidine groups is 1. The first-order valence-corrected chi connectivity index (χ1v) is 5.78. The molecule has 84 valence electrons. The fourth-order valence-electron chi connectivity index (χ4n) is 1.26. The van der Waals surface area contributed by atoms with Crippen molar-refractivity contribution >= 4 is 5.84 Å². The molecule has 0 aliphatic heterocycles. The molecule has 0 rings (SSSR count). The molecule has 2 heteroatoms. The Labute approximate surface area is 89.4 Å². The molecule has 0 N–H and O–H groups in total. The summed E-state index contributed by atoms with van der Waals surface area (Å²) in [5, 5.41) is 0. The molecule has 0 aromatic carbocycles. The van der Waals surface area contributed by atoms with Gasteiger partial charge in [-0.3, -0.25) is 4.99 Å². The molecule has 0 spiro atoms. The highest BCUT2D eigenvalue weighted by Gasteiger charge is 2.09. The Bertz CT molecular complexity index is 171. The molecule has 0 aromatic rings. The second kappa shape index (κ2) is 6.86. The third kappa shape index (κ3) is 5.25. The van der Waals surface area contributed by atoms with E-state index in [1.807, 2.05) is 0 Å². The normalized spacial score (nSPS) is 12.7. The maximum Gasteiger partial charge on any atom is 0.0991 e. The van der Waals surface area contributed by atoms with Gasteiger partial charge in [0.2, 0.25) is 0 Å². The van der Waals surface area contributed by atoms with Crippen LogP contribution in [0.2, 0.25) is 0 Å². The van der Waals surface area contributed by atoms with Crippen molar-refractivity contribution in [2.24, 2.45) is 4.99 Å². The van der Waals surface area contributed by atoms with Crippen LogP contribution in [0.1, 0.15) is 53.9 Å². The maximum atomic E-state index is 4.68. The van der Waals surface area contributed by atoms with Crippen LogP contribution in [0.25, 0.3) is 0 Å². The zero-order valence-corrected chi connectivity index (χ0v) is 10.7. The number of nitrogens with zero attached hydrogens (tertiary/aromatic N) is 2. The molecule has 0 aliphatic rings. The number of hydrogen-bond donors (Lipinski definition) is 0. The third-order valence-electron chi connectivity index (χ3n) is 2.34. The molecule has 0 atom stereocenters. The van der Waals surface area contributed by atoms with E-state index < -0.39 is 0 Å². The van der Waals surface area contributed by atoms with E-state index in [-0.39, 0.29) is 0 Å². The standard InChI is InChI=1S/C12H26N2/c1-7-8-9-12(13-10(2)3)14(6)11(4)5/h10-11H,7-9H2,1-6H3/b13-12+. The predicted molar refractivity (Wildman–Crippen MR) is 65.0 cm³/mol. The smallest absolute Gasteiger partial charge is 0.0991 e. The van der Waals surface area contributed by atoms with Crippen molar-refractivity contribution in [2.75, 3.05) is 7.05 Å². The van der Waals surface area contributed by atoms with Gasteiger partial charge in [-0.05, 0) is 34.1 Å². The molecule has 0 radical (unpaired) electrons. The highest BCUT2D eigenvalue weighted by Crippen LogP contribution is 2.06. The first kappa shape index (κ1) is 13.5. The molecule has 0 heterocycles. The van der Waals surface area contributed by atoms with Crippen molar-refractivity contribution in [3.8, 4) is 0 Å². The maximum absolute atomic E-state index is 4.68. The van der Waals surface area contributed by atoms with E-state index in [1.165, 1.54) is 18.7 Å². The minimum absolute atomic E-state index is 0.406. The molecular formula is C12H26N2. The zero-order valence-electron chi connectivity index (χ0n) is 10.7. The Kier molecular flexibility index (Phi) is 6.60. The van der Waals surface area contributed by atoms with Crippen molar-refractivity contribution in [1.82, 2.24) is 4.90 Å². The van der Waals surface area contributed by atoms with Crippen molar-refractivity contribution in [3.63, 3.8) is 0 Å². The van der Waals surface area contributed by atoms with Crippen LogP contribution < -0.4 is 0 Å². The van der Waals surface area contributed by atoms with E-state index in [4.69, 9.17) is 0 Å². The first-order chi connectivity index (χ1) is 6.49. The quantitative estimate of drug-likeness (QED) is 0.489. The summed E-state index contributed by atoms with van der Waals surface area (Å²) in [6.45, 7) is 10.9. The van der Waals surface area contributed by atoms with Crippen LogP contribution in [0, 0.1) is 0 Å². The second-order valence-corrected chi connectivity index (χ2v) is 4.45. The van der Waals surface area contributed by atoms with Crippen LogP contribution in [-0.2, 0) is 0 Å². The van der Waals surface area contributed by atoms with Crippen LogP contribution in [-0.4, -0.2) is 29.9 Å². The second-order valence-electron chi connectivity index (χ2n) is 4.45. The average Bonchev–Trinajstić information content (AvgIpc) is 2.10. The van der Waals surface area contributed by atoms with Gasteiger partial charge in [0.25, 0.3) is 0 Å². The van der Waals surface area contributed by atoms with E-state index in [0.29, 0.717) is 12.1 Å². The van der Waals surface area contributed by atoms with Gasteiger partial charge >= 0.3 is 0 Å². The number of rotatable bonds is 5. The summed E-state index contributed by atoms with van der Waals surface area (Å²) in [7, 11) is 2.14. The van der Waals surface area contributed by atoms with Crippen LogP contribution in [0.4, 0.5) is 0 Å². The molecule has 0 fully saturated rings. The van der Waals surface area contributed by atoms with Gasteiger partial charge in [0.1, 0.15) is 0 Å². The summed E-state index contributed by atoms with van der Waals surface area (Å²) in [6.07, 6.45) is 3.59. The monoisotopic (exact) mass is 198 g/mol. The summed E-state index contributed by atoms with van der Waals surface area (Å²) in [5.74, 6) is 1.26. The highest BCUT2D eigenvalue weighted by molar-refractivity contribution is 5.82. The molecule has 0 amide bonds. The van der Waals surface area contributed by atoms with Crippen LogP contribution >= 0.6 is 0 Å². The van der Waals surface area contributed by atoms with Gasteiger partial charge in [0.05, 0.1) is 5.84 Å². The lowest BCUT2D eigenvalue weighted by atomic mass is 10.2. The summed E-state index contributed by atoms with van der Waals surface area (Å²) < 4.78 is 0. The Morgan fingerprint density at radius 2 is 1.79 bits per heavy atom. The minimum atomic E-state index is 0.406. The SMILES string of the molecule is CCCC/C(=N\C(C)C)N(C)C(C)C. The average molecular weight is 198 g/mol. The van der Waals surface area contributed by atoms with Crippen molar-refractivity contribution in [1.29, 1.82) is 0 Å². The fourth-order valence-corrected chi connectivity index (χ4v) is 1.26. The number of unbranched alkanes of at least 4 members (excludes halogenated alkanes) is 1. The topological polar surface area (TPSA) is 15.6 Å². The van der Waals surface area contributed by atoms with Crippen molar-refractivity contribution in [3.05, 3.63) is 0 Å². The molecule has 0 saturated carbocycles. The van der Waals surface area contributed by atoms with Crippen LogP contribution in [0.3, 0.4) is 0 Å². The summed E-state index contributed by atoms with van der Waals surface area (Å²) in [4.78, 5) is 6.97. The lowest BCUT2D eigenvalue weighted by Crippen LogP contribution is -2.33. The van der Waals surface area contributed by atoms with Gasteiger partial charge < -0.3 is 4.90 Å². The van der Waals surface area contributed by atoms with Gasteiger partial charge in [-0.25, -0.2) is 0 Å². The molecule has 0 aromatic heterocycles. The van der Waals surface area contributed by atoms with Crippen LogP contribution in [0.15, 0.2) is 4.99 Å². The van der Waals surface area contributed by atoms with Gasteiger partial charge in [-0.1, -0.05) is 13.3 Å². The van der Waals surface area contributed by atoms with Gasteiger partial charge in [-0.15, -0.1) is 0 Å². The molecule has 2 nitrogen and oxygen atoms in total. The lowest BCUT2D eigenvalue weighted by Gasteiger charge is -2.26. The largest absolute Gasteiger partial charge is 0.361 e. The van der Waals surface area contributed by atoms with Crippen LogP contribution in [0.5, 0.6) is 0 Å². The number of aliphatic imine (C=N–C) groups is 1. The Hall–Kier alpha value is -0.530. The minimum Gasteiger partial charge on any atom is -0.361 e. The Balaban J connectivity index is 4.38. The van der Waals surface area contributed by atoms with E-state index in [9.17, 15) is 0 Å². The van der Waals surface area contributed by atoms with E-state index in [2.05, 4.69) is 51.6 Å². The lowest BCUT2D eigenvalue weighted by molar-refractivity contribution is 0.404. The molecular weight excluding hydrogens is 172 g/mol.